The maximum atomic E-state index is 12.5. The van der Waals surface area contributed by atoms with E-state index >= 15 is 0 Å². The Balaban J connectivity index is 1.43. The summed E-state index contributed by atoms with van der Waals surface area (Å²) in [6.07, 6.45) is 5.14. The van der Waals surface area contributed by atoms with Gasteiger partial charge in [-0.3, -0.25) is 9.78 Å². The van der Waals surface area contributed by atoms with Crippen LogP contribution in [0.5, 0.6) is 5.88 Å². The number of pyridine rings is 1. The van der Waals surface area contributed by atoms with E-state index < -0.39 is 0 Å². The first kappa shape index (κ1) is 14.6. The monoisotopic (exact) mass is 324 g/mol. The first-order valence-corrected chi connectivity index (χ1v) is 7.81. The van der Waals surface area contributed by atoms with Gasteiger partial charge >= 0.3 is 0 Å². The lowest BCUT2D eigenvalue weighted by atomic mass is 10.1. The molecule has 0 aliphatic carbocycles. The third-order valence-electron chi connectivity index (χ3n) is 4.08. The minimum absolute atomic E-state index is 0.0237. The maximum Gasteiger partial charge on any atom is 0.261 e. The van der Waals surface area contributed by atoms with Crippen molar-refractivity contribution in [2.45, 2.75) is 18.9 Å². The van der Waals surface area contributed by atoms with Crippen LogP contribution in [0.4, 0.5) is 0 Å². The first-order valence-electron chi connectivity index (χ1n) is 7.81. The fraction of sp³-hybridized carbons (Fsp3) is 0.312. The third kappa shape index (κ3) is 2.78. The zero-order valence-corrected chi connectivity index (χ0v) is 12.9. The molecule has 1 aliphatic rings. The Morgan fingerprint density at radius 3 is 3.12 bits per heavy atom. The quantitative estimate of drug-likeness (QED) is 0.718. The van der Waals surface area contributed by atoms with Crippen LogP contribution in [0.1, 0.15) is 24.6 Å². The number of likely N-dealkylation sites (tertiary alicyclic amines) is 1. The highest BCUT2D eigenvalue weighted by atomic mass is 16.5. The summed E-state index contributed by atoms with van der Waals surface area (Å²) in [7, 11) is 0. The number of amides is 1. The SMILES string of the molecule is O=C(COc1ccc2nncn2n1)N1CCC[C@H]1c1ccccn1. The van der Waals surface area contributed by atoms with Gasteiger partial charge in [0.05, 0.1) is 11.7 Å². The molecule has 1 amide bonds. The third-order valence-corrected chi connectivity index (χ3v) is 4.08. The summed E-state index contributed by atoms with van der Waals surface area (Å²) in [6.45, 7) is 0.672. The minimum Gasteiger partial charge on any atom is -0.467 e. The Hall–Kier alpha value is -3.03. The Kier molecular flexibility index (Phi) is 3.78. The van der Waals surface area contributed by atoms with Crippen LogP contribution < -0.4 is 4.74 Å². The van der Waals surface area contributed by atoms with Crippen molar-refractivity contribution in [3.8, 4) is 5.88 Å². The van der Waals surface area contributed by atoms with Gasteiger partial charge in [-0.05, 0) is 31.0 Å². The number of hydrogen-bond acceptors (Lipinski definition) is 6. The van der Waals surface area contributed by atoms with Crippen molar-refractivity contribution in [1.82, 2.24) is 29.7 Å². The number of carbonyl (C=O) groups excluding carboxylic acids is 1. The van der Waals surface area contributed by atoms with Crippen LogP contribution in [0.3, 0.4) is 0 Å². The lowest BCUT2D eigenvalue weighted by Gasteiger charge is -2.24. The van der Waals surface area contributed by atoms with Gasteiger partial charge in [0, 0.05) is 18.8 Å². The summed E-state index contributed by atoms with van der Waals surface area (Å²) in [5.74, 6) is 0.304. The number of rotatable bonds is 4. The van der Waals surface area contributed by atoms with Crippen LogP contribution in [0.15, 0.2) is 42.9 Å². The van der Waals surface area contributed by atoms with Gasteiger partial charge in [0.25, 0.3) is 5.91 Å². The second kappa shape index (κ2) is 6.23. The summed E-state index contributed by atoms with van der Waals surface area (Å²) >= 11 is 0. The highest BCUT2D eigenvalue weighted by Crippen LogP contribution is 2.30. The number of fused-ring (bicyclic) bond motifs is 1. The topological polar surface area (TPSA) is 85.5 Å². The molecule has 1 saturated heterocycles. The van der Waals surface area contributed by atoms with Gasteiger partial charge in [0.15, 0.2) is 12.3 Å². The van der Waals surface area contributed by atoms with Crippen molar-refractivity contribution in [1.29, 1.82) is 0 Å². The van der Waals surface area contributed by atoms with Crippen molar-refractivity contribution in [3.63, 3.8) is 0 Å². The number of nitrogens with zero attached hydrogens (tertiary/aromatic N) is 6. The average molecular weight is 324 g/mol. The van der Waals surface area contributed by atoms with Crippen molar-refractivity contribution < 1.29 is 9.53 Å². The molecule has 122 valence electrons. The summed E-state index contributed by atoms with van der Waals surface area (Å²) in [5.41, 5.74) is 1.55. The molecule has 0 N–H and O–H groups in total. The van der Waals surface area contributed by atoms with Crippen LogP contribution in [-0.2, 0) is 4.79 Å². The zero-order valence-electron chi connectivity index (χ0n) is 12.9. The van der Waals surface area contributed by atoms with Crippen molar-refractivity contribution in [2.75, 3.05) is 13.2 Å². The van der Waals surface area contributed by atoms with Crippen LogP contribution in [0.2, 0.25) is 0 Å². The molecule has 0 bridgehead atoms. The summed E-state index contributed by atoms with van der Waals surface area (Å²) in [5, 5.41) is 11.8. The van der Waals surface area contributed by atoms with E-state index in [0.29, 0.717) is 11.5 Å². The molecule has 8 nitrogen and oxygen atoms in total. The second-order valence-corrected chi connectivity index (χ2v) is 5.59. The molecule has 0 aromatic carbocycles. The van der Waals surface area contributed by atoms with E-state index in [1.807, 2.05) is 23.1 Å². The van der Waals surface area contributed by atoms with Gasteiger partial charge in [0.2, 0.25) is 5.88 Å². The Morgan fingerprint density at radius 1 is 1.29 bits per heavy atom. The fourth-order valence-corrected chi connectivity index (χ4v) is 2.95. The molecular weight excluding hydrogens is 308 g/mol. The smallest absolute Gasteiger partial charge is 0.261 e. The van der Waals surface area contributed by atoms with E-state index in [-0.39, 0.29) is 18.6 Å². The fourth-order valence-electron chi connectivity index (χ4n) is 2.95. The molecule has 3 aromatic rings. The molecule has 24 heavy (non-hydrogen) atoms. The standard InChI is InChI=1S/C16H16N6O2/c23-16(10-24-15-7-6-14-19-18-11-22(14)20-15)21-9-3-5-13(21)12-4-1-2-8-17-12/h1-2,4,6-8,11,13H,3,5,9-10H2/t13-/m0/s1. The van der Waals surface area contributed by atoms with Gasteiger partial charge in [-0.25, -0.2) is 0 Å². The lowest BCUT2D eigenvalue weighted by molar-refractivity contribution is -0.134. The first-order chi connectivity index (χ1) is 11.8. The number of aromatic nitrogens is 5. The zero-order chi connectivity index (χ0) is 16.4. The van der Waals surface area contributed by atoms with Gasteiger partial charge in [-0.15, -0.1) is 15.3 Å². The van der Waals surface area contributed by atoms with E-state index in [1.165, 1.54) is 10.8 Å². The molecular formula is C16H16N6O2. The maximum absolute atomic E-state index is 12.5. The predicted molar refractivity (Wildman–Crippen MR) is 84.2 cm³/mol. The van der Waals surface area contributed by atoms with Crippen molar-refractivity contribution in [3.05, 3.63) is 48.5 Å². The Labute approximate surface area is 138 Å². The van der Waals surface area contributed by atoms with Gasteiger partial charge < -0.3 is 9.64 Å². The molecule has 0 radical (unpaired) electrons. The number of carbonyl (C=O) groups is 1. The van der Waals surface area contributed by atoms with Crippen LogP contribution in [0, 0.1) is 0 Å². The van der Waals surface area contributed by atoms with Crippen molar-refractivity contribution >= 4 is 11.6 Å². The van der Waals surface area contributed by atoms with E-state index in [4.69, 9.17) is 4.74 Å². The normalized spacial score (nSPS) is 17.3. The van der Waals surface area contributed by atoms with Gasteiger partial charge in [-0.1, -0.05) is 6.07 Å². The molecule has 3 aromatic heterocycles. The Morgan fingerprint density at radius 2 is 2.25 bits per heavy atom. The predicted octanol–water partition coefficient (Wildman–Crippen LogP) is 1.26. The summed E-state index contributed by atoms with van der Waals surface area (Å²) in [6, 6.07) is 9.22. The molecule has 4 rings (SSSR count). The van der Waals surface area contributed by atoms with Crippen LogP contribution in [-0.4, -0.2) is 48.8 Å². The molecule has 1 atom stereocenters. The molecule has 0 saturated carbocycles. The van der Waals surface area contributed by atoms with E-state index in [2.05, 4.69) is 20.3 Å². The molecule has 1 fully saturated rings. The van der Waals surface area contributed by atoms with Crippen LogP contribution >= 0.6 is 0 Å². The number of hydrogen-bond donors (Lipinski definition) is 0. The lowest BCUT2D eigenvalue weighted by Crippen LogP contribution is -2.34. The van der Waals surface area contributed by atoms with E-state index in [1.54, 1.807) is 18.3 Å². The van der Waals surface area contributed by atoms with Crippen molar-refractivity contribution in [2.24, 2.45) is 0 Å². The highest BCUT2D eigenvalue weighted by Gasteiger charge is 2.30. The van der Waals surface area contributed by atoms with E-state index in [9.17, 15) is 4.79 Å². The molecule has 4 heterocycles. The highest BCUT2D eigenvalue weighted by molar-refractivity contribution is 5.78. The average Bonchev–Trinajstić information content (AvgIpc) is 3.29. The Bertz CT molecular complexity index is 850. The number of ether oxygens (including phenoxy) is 1. The summed E-state index contributed by atoms with van der Waals surface area (Å²) in [4.78, 5) is 18.7. The summed E-state index contributed by atoms with van der Waals surface area (Å²) < 4.78 is 7.05. The molecule has 0 spiro atoms. The minimum atomic E-state index is -0.0613. The molecule has 8 heteroatoms. The van der Waals surface area contributed by atoms with Crippen LogP contribution in [0.25, 0.3) is 5.65 Å². The molecule has 0 unspecified atom stereocenters. The molecule has 1 aliphatic heterocycles. The van der Waals surface area contributed by atoms with Gasteiger partial charge in [-0.2, -0.15) is 4.52 Å². The van der Waals surface area contributed by atoms with Gasteiger partial charge in [0.1, 0.15) is 6.33 Å². The second-order valence-electron chi connectivity index (χ2n) is 5.59. The largest absolute Gasteiger partial charge is 0.467 e. The van der Waals surface area contributed by atoms with E-state index in [0.717, 1.165) is 25.1 Å².